The minimum Gasteiger partial charge on any atom is -0.490 e. The van der Waals surface area contributed by atoms with Crippen molar-refractivity contribution in [1.82, 2.24) is 34.3 Å². The van der Waals surface area contributed by atoms with Crippen LogP contribution in [0.1, 0.15) is 101 Å². The van der Waals surface area contributed by atoms with Gasteiger partial charge in [-0.2, -0.15) is 0 Å². The van der Waals surface area contributed by atoms with Gasteiger partial charge in [0.25, 0.3) is 5.91 Å². The average molecular weight is 1280 g/mol. The van der Waals surface area contributed by atoms with E-state index in [4.69, 9.17) is 67.5 Å². The number of amides is 3. The van der Waals surface area contributed by atoms with Gasteiger partial charge in [-0.15, -0.1) is 0 Å². The summed E-state index contributed by atoms with van der Waals surface area (Å²) in [6.45, 7) is 11.1. The molecule has 0 aliphatic carbocycles. The number of likely N-dealkylation sites (tertiary alicyclic amines) is 4. The lowest BCUT2D eigenvalue weighted by Gasteiger charge is -2.41. The van der Waals surface area contributed by atoms with E-state index in [2.05, 4.69) is 56.5 Å². The van der Waals surface area contributed by atoms with Crippen molar-refractivity contribution >= 4 is 91.7 Å². The Balaban J connectivity index is 0.000000281. The molecule has 2 atom stereocenters. The third-order valence-electron chi connectivity index (χ3n) is 15.5. The number of hydrogen-bond acceptors (Lipinski definition) is 9. The zero-order valence-corrected chi connectivity index (χ0v) is 52.5. The van der Waals surface area contributed by atoms with E-state index in [1.54, 1.807) is 77.9 Å². The van der Waals surface area contributed by atoms with Crippen LogP contribution in [0.3, 0.4) is 0 Å². The van der Waals surface area contributed by atoms with Gasteiger partial charge in [-0.05, 0) is 135 Å². The molecule has 0 radical (unpaired) electrons. The second kappa shape index (κ2) is 33.2. The molecule has 0 spiro atoms. The van der Waals surface area contributed by atoms with Crippen molar-refractivity contribution in [3.05, 3.63) is 169 Å². The van der Waals surface area contributed by atoms with E-state index >= 15 is 0 Å². The van der Waals surface area contributed by atoms with Gasteiger partial charge in [-0.1, -0.05) is 108 Å². The zero-order valence-electron chi connectivity index (χ0n) is 47.1. The first-order valence-corrected chi connectivity index (χ1v) is 32.5. The molecule has 83 heavy (non-hydrogen) atoms. The molecule has 6 aromatic rings. The number of urea groups is 1. The summed E-state index contributed by atoms with van der Waals surface area (Å²) in [5.74, 6) is 2.59. The Morgan fingerprint density at radius 3 is 1.59 bits per heavy atom. The second-order valence-corrected chi connectivity index (χ2v) is 25.3. The molecule has 454 valence electrons. The molecule has 4 aliphatic rings. The molecule has 2 unspecified atom stereocenters. The van der Waals surface area contributed by atoms with Crippen molar-refractivity contribution < 1.29 is 41.3 Å². The largest absolute Gasteiger partial charge is 0.490 e. The molecule has 5 heterocycles. The number of carbonyl (C=O) groups is 2. The number of piperidine rings is 4. The highest BCUT2D eigenvalue weighted by Gasteiger charge is 2.33. The summed E-state index contributed by atoms with van der Waals surface area (Å²) in [6, 6.07) is 32.0. The number of hydrogen-bond donors (Lipinski definition) is 2. The number of nitrogens with zero attached hydrogens (tertiary/aromatic N) is 5. The molecule has 3 amide bonds. The molecule has 5 aromatic carbocycles. The Morgan fingerprint density at radius 1 is 0.614 bits per heavy atom. The Morgan fingerprint density at radius 2 is 1.12 bits per heavy atom. The molecule has 10 rings (SSSR count). The zero-order chi connectivity index (χ0) is 57.4. The van der Waals surface area contributed by atoms with Crippen LogP contribution in [0, 0.1) is 0 Å². The predicted octanol–water partition coefficient (Wildman–Crippen LogP) is 12.2. The minimum absolute atomic E-state index is 0. The maximum atomic E-state index is 12.9. The summed E-state index contributed by atoms with van der Waals surface area (Å²) in [5.41, 5.74) is 4.95. The molecule has 0 bridgehead atoms. The molecule has 4 fully saturated rings. The van der Waals surface area contributed by atoms with Gasteiger partial charge < -0.3 is 35.2 Å². The van der Waals surface area contributed by atoms with E-state index in [-0.39, 0.29) is 38.0 Å². The fourth-order valence-corrected chi connectivity index (χ4v) is 13.3. The highest BCUT2D eigenvalue weighted by molar-refractivity contribution is 7.84. The quantitative estimate of drug-likeness (QED) is 0.106. The molecular weight excluding hydrogens is 1200 g/mol. The Labute approximate surface area is 521 Å². The van der Waals surface area contributed by atoms with Gasteiger partial charge in [0.05, 0.1) is 30.0 Å². The van der Waals surface area contributed by atoms with Gasteiger partial charge >= 0.3 is 6.03 Å². The number of benzene rings is 5. The number of nitrogens with one attached hydrogen (secondary N) is 2. The Hall–Kier alpha value is -4.76. The van der Waals surface area contributed by atoms with E-state index in [0.717, 1.165) is 127 Å². The van der Waals surface area contributed by atoms with Crippen LogP contribution in [-0.2, 0) is 41.0 Å². The van der Waals surface area contributed by atoms with Gasteiger partial charge in [0.1, 0.15) is 29.5 Å². The van der Waals surface area contributed by atoms with Gasteiger partial charge in [-0.3, -0.25) is 23.5 Å². The van der Waals surface area contributed by atoms with E-state index in [1.807, 2.05) is 35.5 Å². The Bertz CT molecular complexity index is 3070. The minimum atomic E-state index is -1.68. The average Bonchev–Trinajstić information content (AvgIpc) is 4.18. The van der Waals surface area contributed by atoms with Crippen LogP contribution >= 0.6 is 58.0 Å². The number of aromatic nitrogens is 2. The van der Waals surface area contributed by atoms with Crippen molar-refractivity contribution in [3.8, 4) is 11.5 Å². The van der Waals surface area contributed by atoms with Gasteiger partial charge in [0.2, 0.25) is 0 Å². The fraction of sp³-hybridized carbons (Fsp3) is 0.426. The first-order chi connectivity index (χ1) is 39.2. The highest BCUT2D eigenvalue weighted by atomic mass is 35.5. The summed E-state index contributed by atoms with van der Waals surface area (Å²) < 4.78 is 38.9. The van der Waals surface area contributed by atoms with E-state index in [0.29, 0.717) is 65.6 Å². The molecule has 22 heteroatoms. The lowest BCUT2D eigenvalue weighted by Crippen LogP contribution is -2.52. The standard InChI is InChI=1S/C24H28Cl2N2O3S.C23H26Cl3N3O3S.C14H18N2.2H2O.2H2/c1-32(30)21-4-2-3-17(15-21)24(29)28-11-7-18(8-12-28)27-13-9-19(10-14-27)31-20-5-6-22(25)23(26)16-20;24-19-6-5-18(15-21(19)26)32-17-9-13-28(14-10-17)16-7-11-29(12-8-16)23(30)27-33(31)22-4-2-1-3-20(22)25;1-3-11-6-5-7-12(4-2)13(11)10-14-15-8-9-16-14;;;;/h2-6,15-16,18-19H,7-14H2,1H3;1-6,15-17H,7-14H2,(H,27,30);5-9H,3-4,10H2,1-2H3,(H,15,16);2*1H2;2*1H. The summed E-state index contributed by atoms with van der Waals surface area (Å²) in [7, 11) is -2.77. The molecule has 0 saturated carbocycles. The van der Waals surface area contributed by atoms with Crippen LogP contribution < -0.4 is 14.2 Å². The highest BCUT2D eigenvalue weighted by Crippen LogP contribution is 2.32. The van der Waals surface area contributed by atoms with Gasteiger partial charge in [0.15, 0.2) is 11.0 Å². The lowest BCUT2D eigenvalue weighted by molar-refractivity contribution is 0.0425. The third-order valence-corrected chi connectivity index (χ3v) is 19.5. The molecule has 15 nitrogen and oxygen atoms in total. The molecule has 4 aliphatic heterocycles. The first-order valence-electron chi connectivity index (χ1n) is 27.9. The molecule has 4 saturated heterocycles. The number of aromatic amines is 1. The van der Waals surface area contributed by atoms with E-state index in [9.17, 15) is 18.0 Å². The second-order valence-electron chi connectivity index (χ2n) is 20.7. The maximum Gasteiger partial charge on any atom is 0.329 e. The fourth-order valence-electron chi connectivity index (χ4n) is 11.0. The molecule has 6 N–H and O–H groups in total. The summed E-state index contributed by atoms with van der Waals surface area (Å²) in [6.07, 6.45) is 16.3. The van der Waals surface area contributed by atoms with Crippen LogP contribution in [0.2, 0.25) is 25.1 Å². The number of halogens is 5. The SMILES string of the molecule is CCc1cccc(CC)c1Cc1ncc[nH]1.CS(=O)c1cccc(C(=O)N2CCC(N3CCC(Oc4ccc(Cl)c(Cl)c4)CC3)CC2)c1.O.O.O=C(NS(=O)c1ccccc1Cl)N1CCC(N2CCC(Oc3ccc(Cl)c(Cl)c3)CC2)CC1.[HH].[HH]. The van der Waals surface area contributed by atoms with Crippen LogP contribution in [0.5, 0.6) is 11.5 Å². The van der Waals surface area contributed by atoms with Crippen LogP contribution in [-0.4, -0.2) is 144 Å². The number of imidazole rings is 1. The number of rotatable bonds is 14. The van der Waals surface area contributed by atoms with Crippen molar-refractivity contribution in [2.45, 2.75) is 119 Å². The normalized spacial score (nSPS) is 17.3. The Kier molecular flexibility index (Phi) is 27.0. The number of ether oxygens (including phenoxy) is 2. The number of aryl methyl sites for hydroxylation is 2. The van der Waals surface area contributed by atoms with Crippen molar-refractivity contribution in [2.24, 2.45) is 0 Å². The van der Waals surface area contributed by atoms with Gasteiger partial charge in [0, 0.05) is 126 Å². The van der Waals surface area contributed by atoms with Crippen LogP contribution in [0.4, 0.5) is 4.79 Å². The summed E-state index contributed by atoms with van der Waals surface area (Å²) >= 11 is 30.2. The molecular formula is C61H80Cl5N7O8S2. The van der Waals surface area contributed by atoms with E-state index in [1.165, 1.54) is 16.7 Å². The lowest BCUT2D eigenvalue weighted by atomic mass is 9.95. The van der Waals surface area contributed by atoms with Crippen LogP contribution in [0.25, 0.3) is 0 Å². The van der Waals surface area contributed by atoms with Crippen molar-refractivity contribution in [3.63, 3.8) is 0 Å². The van der Waals surface area contributed by atoms with Crippen LogP contribution in [0.15, 0.2) is 125 Å². The van der Waals surface area contributed by atoms with E-state index < -0.39 is 21.8 Å². The number of H-pyrrole nitrogens is 1. The monoisotopic (exact) mass is 1280 g/mol. The number of carbonyl (C=O) groups excluding carboxylic acids is 2. The predicted molar refractivity (Wildman–Crippen MR) is 340 cm³/mol. The smallest absolute Gasteiger partial charge is 0.329 e. The maximum absolute atomic E-state index is 12.9. The van der Waals surface area contributed by atoms with Gasteiger partial charge in [-0.25, -0.2) is 14.0 Å². The summed E-state index contributed by atoms with van der Waals surface area (Å²) in [4.78, 5) is 42.7. The molecule has 1 aromatic heterocycles. The third kappa shape index (κ3) is 19.1. The van der Waals surface area contributed by atoms with Crippen molar-refractivity contribution in [2.75, 3.05) is 58.6 Å². The van der Waals surface area contributed by atoms with Crippen molar-refractivity contribution in [1.29, 1.82) is 0 Å². The first kappa shape index (κ1) is 67.4. The summed E-state index contributed by atoms with van der Waals surface area (Å²) in [5, 5.41) is 2.44. The topological polar surface area (TPSA) is 203 Å².